The molecule has 0 aromatic carbocycles. The van der Waals surface area contributed by atoms with Crippen LogP contribution in [0.2, 0.25) is 20.5 Å². The molecular weight excluding hydrogens is 1510 g/mol. The number of carbonyl (C=O) groups is 5. The van der Waals surface area contributed by atoms with Crippen molar-refractivity contribution in [3.05, 3.63) is 0 Å². The van der Waals surface area contributed by atoms with E-state index in [1.165, 1.54) is 392 Å². The lowest BCUT2D eigenvalue weighted by molar-refractivity contribution is -0.199. The first-order valence-corrected chi connectivity index (χ1v) is 52.7. The van der Waals surface area contributed by atoms with Crippen molar-refractivity contribution < 1.29 is 45.3 Å². The third-order valence-corrected chi connectivity index (χ3v) is 24.2. The minimum Gasteiger partial charge on any atom is -0.437 e. The number of nitrogens with two attached hydrogens (primary N) is 2. The molecule has 718 valence electrons. The van der Waals surface area contributed by atoms with Gasteiger partial charge >= 0.3 is 27.1 Å². The van der Waals surface area contributed by atoms with Gasteiger partial charge < -0.3 is 67.9 Å². The summed E-state index contributed by atoms with van der Waals surface area (Å²) >= 11 is 0. The lowest BCUT2D eigenvalue weighted by atomic mass is 9.89. The van der Waals surface area contributed by atoms with Crippen molar-refractivity contribution in [1.82, 2.24) is 41.6 Å². The number of amides is 4. The van der Waals surface area contributed by atoms with Crippen molar-refractivity contribution >= 4 is 50.7 Å². The summed E-state index contributed by atoms with van der Waals surface area (Å²) in [5.41, 5.74) is 11.4. The molecule has 1 fully saturated rings. The molecule has 13 N–H and O–H groups in total. The van der Waals surface area contributed by atoms with Gasteiger partial charge in [-0.3, -0.25) is 19.2 Å². The van der Waals surface area contributed by atoms with E-state index in [1.807, 2.05) is 7.05 Å². The lowest BCUT2D eigenvalue weighted by Gasteiger charge is -2.27. The molecule has 1 aliphatic heterocycles. The minimum absolute atomic E-state index is 0. The highest BCUT2D eigenvalue weighted by atomic mass is 16.7. The summed E-state index contributed by atoms with van der Waals surface area (Å²) in [5, 5.41) is 46.2. The normalized spacial score (nSPS) is 12.7. The molecule has 0 radical (unpaired) electrons. The van der Waals surface area contributed by atoms with Gasteiger partial charge in [0.2, 0.25) is 11.8 Å². The van der Waals surface area contributed by atoms with E-state index in [9.17, 15) is 29.0 Å². The quantitative estimate of drug-likeness (QED) is 0.0153. The van der Waals surface area contributed by atoms with Crippen LogP contribution in [0.25, 0.3) is 0 Å². The highest BCUT2D eigenvalue weighted by molar-refractivity contribution is 6.46. The Bertz CT molecular complexity index is 2080. The van der Waals surface area contributed by atoms with Crippen LogP contribution in [0.1, 0.15) is 511 Å². The predicted molar refractivity (Wildman–Crippen MR) is 527 cm³/mol. The number of hydrogen-bond donors (Lipinski definition) is 11. The Morgan fingerprint density at radius 3 is 0.843 bits per heavy atom. The van der Waals surface area contributed by atoms with Crippen LogP contribution in [0.5, 0.6) is 0 Å². The zero-order valence-corrected chi connectivity index (χ0v) is 81.8. The second kappa shape index (κ2) is 101. The summed E-state index contributed by atoms with van der Waals surface area (Å²) in [5.74, 6) is -1.32. The van der Waals surface area contributed by atoms with E-state index in [2.05, 4.69) is 64.2 Å². The SMILES string of the molecule is CCCCCCCCCCCCCCCCCCN.CCCCCCCCCCCCCCCCCCN(CCCCCCCCCCCCCCCCCC)C(=O)[C@H](CCCCNB(C)O)NC.CCCCCCCCCCCCCCCCCCNC(=O)[C@@H](N)CCCCNB(C)O.CN[C@@H](CCCCNB(C)O)C(=O)ON1C(=O)CCC1=O.[HH]. The topological polar surface area (TPSA) is 286 Å². The molecule has 1 saturated heterocycles. The maximum Gasteiger partial charge on any atom is 0.373 e. The van der Waals surface area contributed by atoms with Crippen LogP contribution < -0.4 is 43.1 Å². The molecule has 0 spiro atoms. The Balaban J connectivity index is -0.000000822. The average Bonchev–Trinajstić information content (AvgIpc) is 1.72. The average molecular weight is 1720 g/mol. The maximum atomic E-state index is 13.6. The summed E-state index contributed by atoms with van der Waals surface area (Å²) in [4.78, 5) is 67.3. The number of unbranched alkanes of at least 4 members (excludes halogenated alkanes) is 63. The first-order chi connectivity index (χ1) is 59.0. The van der Waals surface area contributed by atoms with E-state index in [4.69, 9.17) is 26.4 Å². The fraction of sp³-hybridized carbons (Fsp3) is 0.949. The standard InChI is InChI=1S/C44H92BN3O2.C25H54BN3O2.C18H39N.C12H22BN3O5.H2/c1-5-7-9-11-13-15-17-19-21-23-25-27-29-31-33-37-41-48(44(49)43(46-4)39-35-36-40-47-45(3)50)42-38-34-32-30-28-26-24-22-20-18-16-14-12-10-8-6-2;1-3-4-5-6-7-8-9-10-11-12-13-14-15-16-17-19-22-28-25(30)24(27)21-18-20-23-29-26(2)31;1-2-3-4-5-6-7-8-9-10-11-12-13-14-15-16-17-18-19;1-13(20)15-8-4-3-5-9(14-2)12(19)21-16-10(17)6-7-11(16)18;/h43,46-47,50H,5-42H2,1-4H3;24,29,31H,3-23,27H2,1-2H3,(H,28,30);2-19H2,1H3;9,14-15,20H,3-8H2,1-2H3;1H/t43-;24-;;9-;/m00.0./s1. The van der Waals surface area contributed by atoms with Crippen molar-refractivity contribution in [2.24, 2.45) is 11.5 Å². The molecule has 1 aliphatic rings. The van der Waals surface area contributed by atoms with E-state index in [0.717, 1.165) is 103 Å². The zero-order valence-electron chi connectivity index (χ0n) is 81.8. The molecule has 3 atom stereocenters. The van der Waals surface area contributed by atoms with Gasteiger partial charge in [0.1, 0.15) is 6.04 Å². The van der Waals surface area contributed by atoms with Crippen LogP contribution in [-0.4, -0.2) is 154 Å². The molecule has 0 unspecified atom stereocenters. The van der Waals surface area contributed by atoms with Crippen LogP contribution in [0.3, 0.4) is 0 Å². The maximum absolute atomic E-state index is 13.6. The van der Waals surface area contributed by atoms with Crippen molar-refractivity contribution in [1.29, 1.82) is 0 Å². The first kappa shape index (κ1) is 122. The Hall–Kier alpha value is -2.66. The number of imide groups is 1. The highest BCUT2D eigenvalue weighted by Crippen LogP contribution is 2.21. The van der Waals surface area contributed by atoms with Crippen LogP contribution >= 0.6 is 0 Å². The van der Waals surface area contributed by atoms with Gasteiger partial charge in [0, 0.05) is 33.9 Å². The summed E-state index contributed by atoms with van der Waals surface area (Å²) in [7, 11) is 2.07. The summed E-state index contributed by atoms with van der Waals surface area (Å²) < 4.78 is 0. The van der Waals surface area contributed by atoms with Crippen molar-refractivity contribution in [3.63, 3.8) is 0 Å². The van der Waals surface area contributed by atoms with Crippen molar-refractivity contribution in [2.45, 2.75) is 548 Å². The Morgan fingerprint density at radius 2 is 0.587 bits per heavy atom. The van der Waals surface area contributed by atoms with E-state index < -0.39 is 51.0 Å². The fourth-order valence-electron chi connectivity index (χ4n) is 16.0. The number of nitrogens with zero attached hydrogens (tertiary/aromatic N) is 2. The Kier molecular flexibility index (Phi) is 102. The fourth-order valence-corrected chi connectivity index (χ4v) is 16.0. The second-order valence-corrected chi connectivity index (χ2v) is 36.3. The molecule has 0 aliphatic carbocycles. The number of rotatable bonds is 91. The molecule has 1 heterocycles. The third-order valence-electron chi connectivity index (χ3n) is 24.2. The monoisotopic (exact) mass is 1720 g/mol. The molecule has 0 saturated carbocycles. The Labute approximate surface area is 752 Å². The van der Waals surface area contributed by atoms with Crippen LogP contribution in [0.15, 0.2) is 0 Å². The van der Waals surface area contributed by atoms with E-state index >= 15 is 0 Å². The molecule has 0 bridgehead atoms. The summed E-state index contributed by atoms with van der Waals surface area (Å²) in [6, 6.07) is -1.07. The Morgan fingerprint density at radius 1 is 0.355 bits per heavy atom. The number of hydroxylamine groups is 2. The summed E-state index contributed by atoms with van der Waals surface area (Å²) in [6.45, 7) is 19.9. The second-order valence-electron chi connectivity index (χ2n) is 36.3. The molecule has 0 aromatic heterocycles. The van der Waals surface area contributed by atoms with Gasteiger partial charge in [-0.15, -0.1) is 5.06 Å². The smallest absolute Gasteiger partial charge is 0.373 e. The van der Waals surface area contributed by atoms with Crippen LogP contribution in [0, 0.1) is 0 Å². The largest absolute Gasteiger partial charge is 0.437 e. The molecular formula is C99H209B3N10O9. The van der Waals surface area contributed by atoms with Crippen molar-refractivity contribution in [2.75, 3.05) is 59.9 Å². The molecule has 22 heteroatoms. The number of carbonyl (C=O) groups excluding carboxylic acids is 5. The molecule has 19 nitrogen and oxygen atoms in total. The van der Waals surface area contributed by atoms with Gasteiger partial charge in [-0.1, -0.05) is 432 Å². The summed E-state index contributed by atoms with van der Waals surface area (Å²) in [6.07, 6.45) is 96.3. The van der Waals surface area contributed by atoms with Gasteiger partial charge in [0.25, 0.3) is 11.8 Å². The number of nitrogens with one attached hydrogen (secondary N) is 6. The molecule has 0 aromatic rings. The van der Waals surface area contributed by atoms with Gasteiger partial charge in [-0.2, -0.15) is 0 Å². The number of hydrogen-bond acceptors (Lipinski definition) is 16. The number of likely N-dealkylation sites (N-methyl/N-ethyl adjacent to an activating group) is 2. The first-order valence-electron chi connectivity index (χ1n) is 52.7. The molecule has 121 heavy (non-hydrogen) atoms. The zero-order chi connectivity index (χ0) is 89.4. The van der Waals surface area contributed by atoms with Gasteiger partial charge in [0.15, 0.2) is 0 Å². The minimum atomic E-state index is -0.635. The van der Waals surface area contributed by atoms with E-state index in [-0.39, 0.29) is 26.2 Å². The van der Waals surface area contributed by atoms with Gasteiger partial charge in [0.05, 0.1) is 12.1 Å². The van der Waals surface area contributed by atoms with Crippen molar-refractivity contribution in [3.8, 4) is 0 Å². The highest BCUT2D eigenvalue weighted by Gasteiger charge is 2.34. The van der Waals surface area contributed by atoms with Gasteiger partial charge in [-0.05, 0) is 125 Å². The van der Waals surface area contributed by atoms with Crippen LogP contribution in [0.4, 0.5) is 0 Å². The van der Waals surface area contributed by atoms with Gasteiger partial charge in [-0.25, -0.2) is 4.79 Å². The lowest BCUT2D eigenvalue weighted by Crippen LogP contribution is -2.46. The molecule has 4 amide bonds. The van der Waals surface area contributed by atoms with E-state index in [0.29, 0.717) is 30.4 Å². The van der Waals surface area contributed by atoms with Crippen LogP contribution in [-0.2, 0) is 28.8 Å². The molecule has 1 rings (SSSR count). The third kappa shape index (κ3) is 93.3. The predicted octanol–water partition coefficient (Wildman–Crippen LogP) is 23.9. The van der Waals surface area contributed by atoms with E-state index in [1.54, 1.807) is 27.5 Å².